The van der Waals surface area contributed by atoms with Crippen molar-refractivity contribution >= 4 is 40.3 Å². The highest BCUT2D eigenvalue weighted by molar-refractivity contribution is 8.26. The summed E-state index contributed by atoms with van der Waals surface area (Å²) < 4.78 is 12.1. The molecular weight excluding hydrogens is 390 g/mol. The Morgan fingerprint density at radius 3 is 2.86 bits per heavy atom. The van der Waals surface area contributed by atoms with E-state index in [1.807, 2.05) is 60.7 Å². The molecule has 28 heavy (non-hydrogen) atoms. The summed E-state index contributed by atoms with van der Waals surface area (Å²) in [4.78, 5) is 15.1. The number of benzene rings is 2. The average molecular weight is 412 g/mol. The molecule has 0 N–H and O–H groups in total. The average Bonchev–Trinajstić information content (AvgIpc) is 3.32. The molecule has 0 radical (unpaired) electrons. The zero-order valence-corrected chi connectivity index (χ0v) is 17.0. The Kier molecular flexibility index (Phi) is 6.10. The lowest BCUT2D eigenvalue weighted by atomic mass is 10.2. The van der Waals surface area contributed by atoms with Crippen LogP contribution in [0.5, 0.6) is 5.75 Å². The van der Waals surface area contributed by atoms with Crippen LogP contribution in [0.2, 0.25) is 0 Å². The van der Waals surface area contributed by atoms with Crippen LogP contribution in [0.15, 0.2) is 59.5 Å². The predicted octanol–water partition coefficient (Wildman–Crippen LogP) is 4.65. The van der Waals surface area contributed by atoms with Gasteiger partial charge in [-0.3, -0.25) is 9.69 Å². The number of carbonyl (C=O) groups excluding carboxylic acids is 1. The van der Waals surface area contributed by atoms with Crippen molar-refractivity contribution in [1.82, 2.24) is 4.90 Å². The van der Waals surface area contributed by atoms with Crippen molar-refractivity contribution in [3.8, 4) is 5.75 Å². The molecule has 1 atom stereocenters. The maximum absolute atomic E-state index is 12.8. The number of ether oxygens (including phenoxy) is 2. The van der Waals surface area contributed by atoms with Gasteiger partial charge < -0.3 is 9.47 Å². The highest BCUT2D eigenvalue weighted by Crippen LogP contribution is 2.34. The van der Waals surface area contributed by atoms with Gasteiger partial charge in [-0.2, -0.15) is 0 Å². The molecule has 4 nitrogen and oxygen atoms in total. The molecule has 2 fully saturated rings. The monoisotopic (exact) mass is 411 g/mol. The first kappa shape index (κ1) is 19.2. The third kappa shape index (κ3) is 4.63. The van der Waals surface area contributed by atoms with E-state index in [-0.39, 0.29) is 12.0 Å². The van der Waals surface area contributed by atoms with E-state index in [9.17, 15) is 4.79 Å². The standard InChI is InChI=1S/C22H21NO3S2/c24-21-20(28-22(27)23(21)14-19-10-5-11-25-19)13-17-8-4-9-18(12-17)26-15-16-6-2-1-3-7-16/h1-4,6-9,12-13,19H,5,10-11,14-15H2/b20-13-/t19-/m1/s1. The molecule has 2 aromatic rings. The number of thioether (sulfide) groups is 1. The van der Waals surface area contributed by atoms with E-state index in [1.54, 1.807) is 4.90 Å². The van der Waals surface area contributed by atoms with Crippen molar-refractivity contribution in [2.75, 3.05) is 13.2 Å². The third-order valence-electron chi connectivity index (χ3n) is 4.69. The highest BCUT2D eigenvalue weighted by atomic mass is 32.2. The second-order valence-corrected chi connectivity index (χ2v) is 8.45. The molecule has 2 aliphatic rings. The van der Waals surface area contributed by atoms with Gasteiger partial charge in [-0.25, -0.2) is 0 Å². The molecular formula is C22H21NO3S2. The first-order chi connectivity index (χ1) is 13.7. The van der Waals surface area contributed by atoms with Crippen LogP contribution in [-0.2, 0) is 16.1 Å². The van der Waals surface area contributed by atoms with Crippen LogP contribution < -0.4 is 4.74 Å². The second kappa shape index (κ2) is 8.90. The molecule has 4 rings (SSSR count). The summed E-state index contributed by atoms with van der Waals surface area (Å²) >= 11 is 6.76. The molecule has 0 saturated carbocycles. The smallest absolute Gasteiger partial charge is 0.266 e. The second-order valence-electron chi connectivity index (χ2n) is 6.77. The summed E-state index contributed by atoms with van der Waals surface area (Å²) in [5.41, 5.74) is 2.03. The van der Waals surface area contributed by atoms with Crippen molar-refractivity contribution < 1.29 is 14.3 Å². The van der Waals surface area contributed by atoms with E-state index < -0.39 is 0 Å². The zero-order chi connectivity index (χ0) is 19.3. The summed E-state index contributed by atoms with van der Waals surface area (Å²) in [6.07, 6.45) is 4.00. The predicted molar refractivity (Wildman–Crippen MR) is 116 cm³/mol. The van der Waals surface area contributed by atoms with Gasteiger partial charge in [0.05, 0.1) is 17.6 Å². The molecule has 1 amide bonds. The summed E-state index contributed by atoms with van der Waals surface area (Å²) in [5.74, 6) is 0.730. The van der Waals surface area contributed by atoms with Gasteiger partial charge in [0.1, 0.15) is 16.7 Å². The van der Waals surface area contributed by atoms with E-state index in [1.165, 1.54) is 11.8 Å². The van der Waals surface area contributed by atoms with E-state index in [2.05, 4.69) is 0 Å². The minimum Gasteiger partial charge on any atom is -0.489 e. The lowest BCUT2D eigenvalue weighted by Crippen LogP contribution is -2.35. The molecule has 6 heteroatoms. The topological polar surface area (TPSA) is 38.8 Å². The number of rotatable bonds is 6. The van der Waals surface area contributed by atoms with E-state index in [0.717, 1.165) is 36.3 Å². The van der Waals surface area contributed by atoms with E-state index >= 15 is 0 Å². The van der Waals surface area contributed by atoms with Gasteiger partial charge in [0.25, 0.3) is 5.91 Å². The van der Waals surface area contributed by atoms with Gasteiger partial charge >= 0.3 is 0 Å². The fourth-order valence-corrected chi connectivity index (χ4v) is 4.51. The molecule has 2 aliphatic heterocycles. The Labute approximate surface area is 174 Å². The fourth-order valence-electron chi connectivity index (χ4n) is 3.24. The normalized spacial score (nSPS) is 20.9. The van der Waals surface area contributed by atoms with Crippen molar-refractivity contribution in [3.63, 3.8) is 0 Å². The number of hydrogen-bond donors (Lipinski definition) is 0. The van der Waals surface area contributed by atoms with Crippen molar-refractivity contribution in [3.05, 3.63) is 70.6 Å². The van der Waals surface area contributed by atoms with Gasteiger partial charge in [0.15, 0.2) is 0 Å². The maximum atomic E-state index is 12.8. The molecule has 0 unspecified atom stereocenters. The highest BCUT2D eigenvalue weighted by Gasteiger charge is 2.34. The Hall–Kier alpha value is -2.15. The minimum atomic E-state index is -0.0406. The van der Waals surface area contributed by atoms with Crippen LogP contribution in [0, 0.1) is 0 Å². The van der Waals surface area contributed by atoms with Crippen LogP contribution in [0.25, 0.3) is 6.08 Å². The van der Waals surface area contributed by atoms with E-state index in [0.29, 0.717) is 22.4 Å². The Morgan fingerprint density at radius 1 is 1.21 bits per heavy atom. The molecule has 2 saturated heterocycles. The summed E-state index contributed by atoms with van der Waals surface area (Å²) in [6.45, 7) is 1.82. The molecule has 0 bridgehead atoms. The maximum Gasteiger partial charge on any atom is 0.266 e. The quantitative estimate of drug-likeness (QED) is 0.511. The number of amides is 1. The van der Waals surface area contributed by atoms with Crippen LogP contribution in [0.4, 0.5) is 0 Å². The van der Waals surface area contributed by atoms with E-state index in [4.69, 9.17) is 21.7 Å². The minimum absolute atomic E-state index is 0.0406. The van der Waals surface area contributed by atoms with Crippen molar-refractivity contribution in [2.24, 2.45) is 0 Å². The lowest BCUT2D eigenvalue weighted by molar-refractivity contribution is -0.123. The van der Waals surface area contributed by atoms with Gasteiger partial charge in [0, 0.05) is 6.61 Å². The van der Waals surface area contributed by atoms with Crippen molar-refractivity contribution in [1.29, 1.82) is 0 Å². The SMILES string of the molecule is O=C1/C(=C/c2cccc(OCc3ccccc3)c2)SC(=S)N1C[C@H]1CCCO1. The van der Waals surface area contributed by atoms with Gasteiger partial charge in [0.2, 0.25) is 0 Å². The van der Waals surface area contributed by atoms with Crippen molar-refractivity contribution in [2.45, 2.75) is 25.6 Å². The van der Waals surface area contributed by atoms with Crippen LogP contribution >= 0.6 is 24.0 Å². The summed E-state index contributed by atoms with van der Waals surface area (Å²) in [6, 6.07) is 17.8. The number of nitrogens with zero attached hydrogens (tertiary/aromatic N) is 1. The molecule has 0 spiro atoms. The molecule has 0 aromatic heterocycles. The molecule has 0 aliphatic carbocycles. The largest absolute Gasteiger partial charge is 0.489 e. The van der Waals surface area contributed by atoms with Gasteiger partial charge in [-0.05, 0) is 42.2 Å². The summed E-state index contributed by atoms with van der Waals surface area (Å²) in [7, 11) is 0. The van der Waals surface area contributed by atoms with Gasteiger partial charge in [-0.15, -0.1) is 0 Å². The zero-order valence-electron chi connectivity index (χ0n) is 15.4. The number of carbonyl (C=O) groups is 1. The Balaban J connectivity index is 1.43. The van der Waals surface area contributed by atoms with Crippen LogP contribution in [0.1, 0.15) is 24.0 Å². The Morgan fingerprint density at radius 2 is 2.07 bits per heavy atom. The third-order valence-corrected chi connectivity index (χ3v) is 6.07. The number of hydrogen-bond acceptors (Lipinski definition) is 5. The first-order valence-electron chi connectivity index (χ1n) is 9.33. The summed E-state index contributed by atoms with van der Waals surface area (Å²) in [5, 5.41) is 0. The molecule has 144 valence electrons. The Bertz CT molecular complexity index is 892. The molecule has 2 heterocycles. The van der Waals surface area contributed by atoms with Crippen LogP contribution in [-0.4, -0.2) is 34.4 Å². The first-order valence-corrected chi connectivity index (χ1v) is 10.6. The van der Waals surface area contributed by atoms with Crippen LogP contribution in [0.3, 0.4) is 0 Å². The van der Waals surface area contributed by atoms with Gasteiger partial charge in [-0.1, -0.05) is 66.4 Å². The number of thiocarbonyl (C=S) groups is 1. The molecule has 2 aromatic carbocycles. The lowest BCUT2D eigenvalue weighted by Gasteiger charge is -2.18. The fraction of sp³-hybridized carbons (Fsp3) is 0.273.